The summed E-state index contributed by atoms with van der Waals surface area (Å²) in [5.41, 5.74) is 1.97. The van der Waals surface area contributed by atoms with Crippen LogP contribution in [0.15, 0.2) is 72.5 Å². The molecule has 0 spiro atoms. The highest BCUT2D eigenvalue weighted by molar-refractivity contribution is 5.92. The Morgan fingerprint density at radius 2 is 1.83 bits per heavy atom. The van der Waals surface area contributed by atoms with Gasteiger partial charge in [0.15, 0.2) is 0 Å². The predicted octanol–water partition coefficient (Wildman–Crippen LogP) is 3.29. The number of carbonyl (C=O) groups is 1. The molecule has 3 N–H and O–H groups in total. The molecule has 1 fully saturated rings. The van der Waals surface area contributed by atoms with Crippen LogP contribution in [0, 0.1) is 5.82 Å². The molecule has 1 heterocycles. The number of halogens is 2. The Morgan fingerprint density at radius 1 is 1.13 bits per heavy atom. The van der Waals surface area contributed by atoms with Crippen LogP contribution in [0.5, 0.6) is 5.75 Å². The van der Waals surface area contributed by atoms with Crippen LogP contribution < -0.4 is 5.32 Å². The molecule has 2 aliphatic rings. The summed E-state index contributed by atoms with van der Waals surface area (Å²) in [6, 6.07) is 11.1. The molecular formula is C23H22F2N2O3. The van der Waals surface area contributed by atoms with Gasteiger partial charge < -0.3 is 20.4 Å². The first-order valence-corrected chi connectivity index (χ1v) is 9.75. The summed E-state index contributed by atoms with van der Waals surface area (Å²) < 4.78 is 26.5. The van der Waals surface area contributed by atoms with Gasteiger partial charge in [0.05, 0.1) is 12.1 Å². The SMILES string of the molecule is O=C1[C@@H](NCC(O)c2ccc(F)cc2)C(c2ccc(O)cc2)N1C1=CCC(F)C=C1. The first-order chi connectivity index (χ1) is 14.4. The fourth-order valence-corrected chi connectivity index (χ4v) is 3.79. The lowest BCUT2D eigenvalue weighted by Gasteiger charge is -2.48. The highest BCUT2D eigenvalue weighted by Crippen LogP contribution is 2.40. The highest BCUT2D eigenvalue weighted by Gasteiger charge is 2.49. The lowest BCUT2D eigenvalue weighted by molar-refractivity contribution is -0.147. The van der Waals surface area contributed by atoms with Crippen LogP contribution in [0.4, 0.5) is 8.78 Å². The Labute approximate surface area is 173 Å². The molecule has 156 valence electrons. The van der Waals surface area contributed by atoms with Gasteiger partial charge in [0.25, 0.3) is 0 Å². The van der Waals surface area contributed by atoms with Crippen molar-refractivity contribution in [3.8, 4) is 5.75 Å². The van der Waals surface area contributed by atoms with Crippen molar-refractivity contribution in [1.29, 1.82) is 0 Å². The molecule has 1 saturated heterocycles. The largest absolute Gasteiger partial charge is 0.508 e. The monoisotopic (exact) mass is 412 g/mol. The number of carbonyl (C=O) groups excluding carboxylic acids is 1. The van der Waals surface area contributed by atoms with E-state index in [1.807, 2.05) is 0 Å². The number of amides is 1. The fraction of sp³-hybridized carbons (Fsp3) is 0.261. The molecule has 0 bridgehead atoms. The van der Waals surface area contributed by atoms with Crippen LogP contribution in [0.2, 0.25) is 0 Å². The number of likely N-dealkylation sites (tertiary alicyclic amines) is 1. The Balaban J connectivity index is 1.52. The Kier molecular flexibility index (Phi) is 5.65. The molecule has 1 aliphatic carbocycles. The van der Waals surface area contributed by atoms with Crippen LogP contribution in [0.1, 0.15) is 29.7 Å². The van der Waals surface area contributed by atoms with Crippen LogP contribution >= 0.6 is 0 Å². The van der Waals surface area contributed by atoms with E-state index in [0.717, 1.165) is 5.56 Å². The van der Waals surface area contributed by atoms with Crippen LogP contribution in [-0.4, -0.2) is 39.8 Å². The normalized spacial score (nSPS) is 24.4. The van der Waals surface area contributed by atoms with Gasteiger partial charge in [-0.05, 0) is 47.5 Å². The molecule has 0 saturated carbocycles. The molecule has 4 rings (SSSR count). The number of hydrogen-bond donors (Lipinski definition) is 3. The molecule has 0 aromatic heterocycles. The van der Waals surface area contributed by atoms with E-state index in [1.165, 1.54) is 30.3 Å². The number of nitrogens with zero attached hydrogens (tertiary/aromatic N) is 1. The molecule has 0 radical (unpaired) electrons. The van der Waals surface area contributed by atoms with Gasteiger partial charge in [0, 0.05) is 18.7 Å². The summed E-state index contributed by atoms with van der Waals surface area (Å²) >= 11 is 0. The highest BCUT2D eigenvalue weighted by atomic mass is 19.1. The molecule has 1 aliphatic heterocycles. The van der Waals surface area contributed by atoms with Crippen molar-refractivity contribution in [3.05, 3.63) is 89.4 Å². The number of aromatic hydroxyl groups is 1. The van der Waals surface area contributed by atoms with Crippen molar-refractivity contribution in [2.45, 2.75) is 30.8 Å². The maximum absolute atomic E-state index is 13.5. The number of β-lactam (4-membered cyclic amide) rings is 1. The van der Waals surface area contributed by atoms with Gasteiger partial charge in [-0.25, -0.2) is 8.78 Å². The van der Waals surface area contributed by atoms with Crippen molar-refractivity contribution in [3.63, 3.8) is 0 Å². The summed E-state index contributed by atoms with van der Waals surface area (Å²) in [7, 11) is 0. The summed E-state index contributed by atoms with van der Waals surface area (Å²) in [6.07, 6.45) is 2.96. The van der Waals surface area contributed by atoms with Gasteiger partial charge in [-0.3, -0.25) is 4.79 Å². The number of hydrogen-bond acceptors (Lipinski definition) is 4. The number of aliphatic hydroxyl groups excluding tert-OH is 1. The standard InChI is InChI=1S/C23H22F2N2O3/c24-16-5-1-14(2-6-16)20(29)13-26-21-22(15-3-11-19(28)12-4-15)27(23(21)30)18-9-7-17(25)8-10-18/h1-7,9-12,17,20-22,26,28-29H,8,13H2/t17?,20?,21-,22?/m0/s1. The lowest BCUT2D eigenvalue weighted by Crippen LogP contribution is -2.64. The minimum Gasteiger partial charge on any atom is -0.508 e. The third-order valence-corrected chi connectivity index (χ3v) is 5.42. The van der Waals surface area contributed by atoms with E-state index < -0.39 is 18.3 Å². The molecule has 7 heteroatoms. The number of benzene rings is 2. The third-order valence-electron chi connectivity index (χ3n) is 5.42. The first kappa shape index (κ1) is 20.3. The van der Waals surface area contributed by atoms with Crippen molar-refractivity contribution in [2.75, 3.05) is 6.54 Å². The summed E-state index contributed by atoms with van der Waals surface area (Å²) in [6.45, 7) is 0.103. The molecule has 2 aromatic carbocycles. The average Bonchev–Trinajstić information content (AvgIpc) is 2.74. The molecule has 3 unspecified atom stereocenters. The Morgan fingerprint density at radius 3 is 2.47 bits per heavy atom. The summed E-state index contributed by atoms with van der Waals surface area (Å²) in [4.78, 5) is 14.5. The zero-order valence-corrected chi connectivity index (χ0v) is 16.1. The van der Waals surface area contributed by atoms with E-state index >= 15 is 0 Å². The van der Waals surface area contributed by atoms with E-state index in [0.29, 0.717) is 11.3 Å². The predicted molar refractivity (Wildman–Crippen MR) is 108 cm³/mol. The van der Waals surface area contributed by atoms with Crippen molar-refractivity contribution < 1.29 is 23.8 Å². The van der Waals surface area contributed by atoms with Gasteiger partial charge >= 0.3 is 0 Å². The minimum absolute atomic E-state index is 0.103. The van der Waals surface area contributed by atoms with Crippen LogP contribution in [0.25, 0.3) is 0 Å². The molecule has 2 aromatic rings. The van der Waals surface area contributed by atoms with E-state index in [4.69, 9.17) is 0 Å². The van der Waals surface area contributed by atoms with Crippen molar-refractivity contribution in [2.24, 2.45) is 0 Å². The quantitative estimate of drug-likeness (QED) is 0.637. The third kappa shape index (κ3) is 3.99. The number of phenols is 1. The van der Waals surface area contributed by atoms with E-state index in [9.17, 15) is 23.8 Å². The lowest BCUT2D eigenvalue weighted by atomic mass is 9.86. The minimum atomic E-state index is -1.06. The fourth-order valence-electron chi connectivity index (χ4n) is 3.79. The smallest absolute Gasteiger partial charge is 0.247 e. The van der Waals surface area contributed by atoms with Gasteiger partial charge in [-0.15, -0.1) is 0 Å². The molecule has 1 amide bonds. The second-order valence-corrected chi connectivity index (χ2v) is 7.44. The van der Waals surface area contributed by atoms with E-state index in [-0.39, 0.29) is 36.5 Å². The summed E-state index contributed by atoms with van der Waals surface area (Å²) in [5.74, 6) is -0.461. The molecule has 5 nitrogen and oxygen atoms in total. The van der Waals surface area contributed by atoms with Crippen LogP contribution in [0.3, 0.4) is 0 Å². The van der Waals surface area contributed by atoms with Gasteiger partial charge in [-0.2, -0.15) is 0 Å². The zero-order valence-electron chi connectivity index (χ0n) is 16.1. The van der Waals surface area contributed by atoms with Gasteiger partial charge in [-0.1, -0.05) is 30.3 Å². The van der Waals surface area contributed by atoms with Crippen molar-refractivity contribution >= 4 is 5.91 Å². The van der Waals surface area contributed by atoms with E-state index in [1.54, 1.807) is 41.3 Å². The number of rotatable bonds is 6. The maximum Gasteiger partial charge on any atom is 0.247 e. The Bertz CT molecular complexity index is 973. The Hall–Kier alpha value is -3.03. The number of allylic oxidation sites excluding steroid dienone is 3. The number of aliphatic hydroxyl groups is 1. The zero-order chi connectivity index (χ0) is 21.3. The average molecular weight is 412 g/mol. The number of nitrogens with one attached hydrogen (secondary N) is 1. The van der Waals surface area contributed by atoms with Gasteiger partial charge in [0.2, 0.25) is 5.91 Å². The van der Waals surface area contributed by atoms with Crippen LogP contribution in [-0.2, 0) is 4.79 Å². The van der Waals surface area contributed by atoms with Crippen molar-refractivity contribution in [1.82, 2.24) is 10.2 Å². The molecule has 4 atom stereocenters. The molecule has 30 heavy (non-hydrogen) atoms. The second-order valence-electron chi connectivity index (χ2n) is 7.44. The molecular weight excluding hydrogens is 390 g/mol. The number of phenolic OH excluding ortho intramolecular Hbond substituents is 1. The second kappa shape index (κ2) is 8.38. The number of alkyl halides is 1. The topological polar surface area (TPSA) is 72.8 Å². The first-order valence-electron chi connectivity index (χ1n) is 9.75. The van der Waals surface area contributed by atoms with Gasteiger partial charge in [0.1, 0.15) is 23.8 Å². The maximum atomic E-state index is 13.5. The van der Waals surface area contributed by atoms with E-state index in [2.05, 4.69) is 5.32 Å². The summed E-state index contributed by atoms with van der Waals surface area (Å²) in [5, 5.41) is 23.1.